The van der Waals surface area contributed by atoms with Gasteiger partial charge in [0.15, 0.2) is 0 Å². The van der Waals surface area contributed by atoms with Crippen molar-refractivity contribution in [3.63, 3.8) is 0 Å². The van der Waals surface area contributed by atoms with Crippen LogP contribution in [0.1, 0.15) is 19.3 Å². The van der Waals surface area contributed by atoms with E-state index in [1.54, 1.807) is 11.8 Å². The molecular weight excluding hydrogens is 179 g/mol. The molecule has 1 aliphatic heterocycles. The lowest BCUT2D eigenvalue weighted by Gasteiger charge is -2.24. The van der Waals surface area contributed by atoms with Crippen LogP contribution in [-0.4, -0.2) is 28.8 Å². The van der Waals surface area contributed by atoms with Crippen LogP contribution in [0.2, 0.25) is 0 Å². The molecule has 12 heavy (non-hydrogen) atoms. The van der Waals surface area contributed by atoms with Crippen molar-refractivity contribution in [1.82, 2.24) is 0 Å². The Bertz CT molecular complexity index is 163. The number of carboxylic acids is 1. The Labute approximate surface area is 75.5 Å². The van der Waals surface area contributed by atoms with E-state index in [0.29, 0.717) is 12.2 Å². The van der Waals surface area contributed by atoms with Crippen molar-refractivity contribution in [2.45, 2.75) is 25.4 Å². The molecule has 0 radical (unpaired) electrons. The van der Waals surface area contributed by atoms with Gasteiger partial charge in [-0.25, -0.2) is 4.39 Å². The molecule has 0 spiro atoms. The second-order valence-corrected chi connectivity index (χ2v) is 4.22. The van der Waals surface area contributed by atoms with Gasteiger partial charge in [0.1, 0.15) is 6.17 Å². The molecule has 0 aromatic heterocycles. The zero-order valence-electron chi connectivity index (χ0n) is 6.83. The van der Waals surface area contributed by atoms with Crippen molar-refractivity contribution in [2.24, 2.45) is 5.92 Å². The van der Waals surface area contributed by atoms with Gasteiger partial charge in [-0.05, 0) is 24.5 Å². The molecule has 1 fully saturated rings. The second-order valence-electron chi connectivity index (χ2n) is 3.07. The molecule has 2 nitrogen and oxygen atoms in total. The maximum atomic E-state index is 13.1. The van der Waals surface area contributed by atoms with Gasteiger partial charge in [-0.3, -0.25) is 4.79 Å². The monoisotopic (exact) mass is 192 g/mol. The lowest BCUT2D eigenvalue weighted by Crippen LogP contribution is -2.24. The molecule has 0 saturated carbocycles. The van der Waals surface area contributed by atoms with Crippen LogP contribution in [0, 0.1) is 5.92 Å². The molecule has 0 amide bonds. The van der Waals surface area contributed by atoms with Gasteiger partial charge in [0, 0.05) is 12.2 Å². The summed E-state index contributed by atoms with van der Waals surface area (Å²) >= 11 is 1.62. The highest BCUT2D eigenvalue weighted by Gasteiger charge is 2.25. The van der Waals surface area contributed by atoms with Crippen molar-refractivity contribution in [3.05, 3.63) is 0 Å². The Morgan fingerprint density at radius 1 is 1.67 bits per heavy atom. The van der Waals surface area contributed by atoms with Crippen LogP contribution in [0.4, 0.5) is 4.39 Å². The number of alkyl halides is 1. The smallest absolute Gasteiger partial charge is 0.303 e. The maximum Gasteiger partial charge on any atom is 0.303 e. The summed E-state index contributed by atoms with van der Waals surface area (Å²) in [4.78, 5) is 10.2. The summed E-state index contributed by atoms with van der Waals surface area (Å²) in [5, 5.41) is 8.40. The van der Waals surface area contributed by atoms with Crippen LogP contribution >= 0.6 is 11.8 Å². The molecule has 1 heterocycles. The number of hydrogen-bond donors (Lipinski definition) is 1. The van der Waals surface area contributed by atoms with Crippen molar-refractivity contribution in [2.75, 3.05) is 11.5 Å². The highest BCUT2D eigenvalue weighted by molar-refractivity contribution is 7.99. The summed E-state index contributed by atoms with van der Waals surface area (Å²) in [7, 11) is 0. The van der Waals surface area contributed by atoms with Crippen LogP contribution in [0.15, 0.2) is 0 Å². The second kappa shape index (κ2) is 4.70. The third-order valence-corrected chi connectivity index (χ3v) is 3.23. The average molecular weight is 192 g/mol. The molecule has 0 bridgehead atoms. The molecule has 0 unspecified atom stereocenters. The summed E-state index contributed by atoms with van der Waals surface area (Å²) in [5.41, 5.74) is 0. The molecule has 1 aliphatic rings. The van der Waals surface area contributed by atoms with Crippen molar-refractivity contribution >= 4 is 17.7 Å². The summed E-state index contributed by atoms with van der Waals surface area (Å²) < 4.78 is 13.1. The topological polar surface area (TPSA) is 37.3 Å². The van der Waals surface area contributed by atoms with E-state index < -0.39 is 12.1 Å². The lowest BCUT2D eigenvalue weighted by atomic mass is 9.95. The molecule has 0 aromatic carbocycles. The fraction of sp³-hybridized carbons (Fsp3) is 0.875. The first-order chi connectivity index (χ1) is 5.70. The van der Waals surface area contributed by atoms with Gasteiger partial charge in [-0.2, -0.15) is 11.8 Å². The summed E-state index contributed by atoms with van der Waals surface area (Å²) in [6.07, 6.45) is 0.648. The number of thioether (sulfide) groups is 1. The number of rotatable bonds is 3. The number of hydrogen-bond acceptors (Lipinski definition) is 2. The Hall–Kier alpha value is -0.250. The van der Waals surface area contributed by atoms with Gasteiger partial charge in [-0.15, -0.1) is 0 Å². The maximum absolute atomic E-state index is 13.1. The van der Waals surface area contributed by atoms with Gasteiger partial charge in [0.25, 0.3) is 0 Å². The summed E-state index contributed by atoms with van der Waals surface area (Å²) in [5.74, 6) is 0.692. The van der Waals surface area contributed by atoms with Crippen LogP contribution in [0.5, 0.6) is 0 Å². The first kappa shape index (κ1) is 9.84. The third kappa shape index (κ3) is 3.01. The van der Waals surface area contributed by atoms with Crippen LogP contribution in [-0.2, 0) is 4.79 Å². The van der Waals surface area contributed by atoms with Crippen molar-refractivity contribution < 1.29 is 14.3 Å². The number of carboxylic acid groups (broad SMARTS) is 1. The predicted molar refractivity (Wildman–Crippen MR) is 47.2 cm³/mol. The number of aliphatic carboxylic acids is 1. The molecule has 1 saturated heterocycles. The van der Waals surface area contributed by atoms with Crippen LogP contribution in [0.3, 0.4) is 0 Å². The number of carbonyl (C=O) groups is 1. The van der Waals surface area contributed by atoms with Crippen LogP contribution < -0.4 is 0 Å². The van der Waals surface area contributed by atoms with E-state index in [-0.39, 0.29) is 12.3 Å². The zero-order valence-corrected chi connectivity index (χ0v) is 7.65. The zero-order chi connectivity index (χ0) is 8.97. The Balaban J connectivity index is 2.24. The molecule has 1 N–H and O–H groups in total. The van der Waals surface area contributed by atoms with Crippen LogP contribution in [0.25, 0.3) is 0 Å². The summed E-state index contributed by atoms with van der Waals surface area (Å²) in [6.45, 7) is 0. The van der Waals surface area contributed by atoms with Gasteiger partial charge < -0.3 is 5.11 Å². The largest absolute Gasteiger partial charge is 0.481 e. The van der Waals surface area contributed by atoms with Crippen molar-refractivity contribution in [1.29, 1.82) is 0 Å². The van der Waals surface area contributed by atoms with Gasteiger partial charge >= 0.3 is 5.97 Å². The molecule has 70 valence electrons. The molecule has 1 rings (SSSR count). The highest BCUT2D eigenvalue weighted by Crippen LogP contribution is 2.28. The lowest BCUT2D eigenvalue weighted by molar-refractivity contribution is -0.137. The molecular formula is C8H13FO2S. The first-order valence-corrected chi connectivity index (χ1v) is 5.29. The number of halogens is 1. The van der Waals surface area contributed by atoms with Gasteiger partial charge in [0.2, 0.25) is 0 Å². The van der Waals surface area contributed by atoms with E-state index in [2.05, 4.69) is 0 Å². The van der Waals surface area contributed by atoms with E-state index in [1.165, 1.54) is 0 Å². The molecule has 2 atom stereocenters. The summed E-state index contributed by atoms with van der Waals surface area (Å²) in [6, 6.07) is 0. The average Bonchev–Trinajstić information content (AvgIpc) is 2.03. The molecule has 4 heteroatoms. The SMILES string of the molecule is O=C(O)CC[C@@H]1CCSC[C@H]1F. The van der Waals surface area contributed by atoms with E-state index in [9.17, 15) is 9.18 Å². The Morgan fingerprint density at radius 2 is 2.42 bits per heavy atom. The molecule has 0 aromatic rings. The van der Waals surface area contributed by atoms with E-state index in [1.807, 2.05) is 0 Å². The minimum atomic E-state index is -0.819. The Kier molecular flexibility index (Phi) is 3.85. The standard InChI is InChI=1S/C8H13FO2S/c9-7-5-12-4-3-6(7)1-2-8(10)11/h6-7H,1-5H2,(H,10,11)/t6-,7-/m1/s1. The normalized spacial score (nSPS) is 30.1. The van der Waals surface area contributed by atoms with E-state index in [0.717, 1.165) is 12.2 Å². The Morgan fingerprint density at radius 3 is 3.00 bits per heavy atom. The van der Waals surface area contributed by atoms with E-state index >= 15 is 0 Å². The predicted octanol–water partition coefficient (Wildman–Crippen LogP) is 1.94. The van der Waals surface area contributed by atoms with Gasteiger partial charge in [0.05, 0.1) is 0 Å². The first-order valence-electron chi connectivity index (χ1n) is 4.13. The van der Waals surface area contributed by atoms with Crippen molar-refractivity contribution in [3.8, 4) is 0 Å². The van der Waals surface area contributed by atoms with Gasteiger partial charge in [-0.1, -0.05) is 0 Å². The fourth-order valence-electron chi connectivity index (χ4n) is 1.38. The van der Waals surface area contributed by atoms with E-state index in [4.69, 9.17) is 5.11 Å². The highest BCUT2D eigenvalue weighted by atomic mass is 32.2. The quantitative estimate of drug-likeness (QED) is 0.742. The minimum Gasteiger partial charge on any atom is -0.481 e. The fourth-order valence-corrected chi connectivity index (χ4v) is 2.52. The third-order valence-electron chi connectivity index (χ3n) is 2.15. The minimum absolute atomic E-state index is 0.0117. The molecule has 0 aliphatic carbocycles.